The Morgan fingerprint density at radius 1 is 1.32 bits per heavy atom. The minimum atomic E-state index is -1.06. The number of hydrogen-bond donors (Lipinski definition) is 3. The van der Waals surface area contributed by atoms with Gasteiger partial charge in [-0.05, 0) is 24.0 Å². The highest BCUT2D eigenvalue weighted by atomic mass is 32.2. The zero-order valence-electron chi connectivity index (χ0n) is 10.6. The van der Waals surface area contributed by atoms with E-state index in [0.717, 1.165) is 5.56 Å². The van der Waals surface area contributed by atoms with Crippen molar-refractivity contribution in [3.63, 3.8) is 0 Å². The Bertz CT molecular complexity index is 433. The van der Waals surface area contributed by atoms with Crippen LogP contribution in [0.3, 0.4) is 0 Å². The summed E-state index contributed by atoms with van der Waals surface area (Å²) in [5.41, 5.74) is 0.746. The van der Waals surface area contributed by atoms with Crippen LogP contribution in [0.1, 0.15) is 12.0 Å². The summed E-state index contributed by atoms with van der Waals surface area (Å²) in [6.45, 7) is 0. The number of carboxylic acids is 1. The van der Waals surface area contributed by atoms with E-state index < -0.39 is 12.0 Å². The number of aromatic hydroxyl groups is 1. The molecule has 0 aliphatic carbocycles. The molecule has 0 aliphatic rings. The number of carbonyl (C=O) groups excluding carboxylic acids is 1. The number of benzene rings is 1. The van der Waals surface area contributed by atoms with E-state index in [4.69, 9.17) is 10.2 Å². The van der Waals surface area contributed by atoms with Crippen LogP contribution in [-0.4, -0.2) is 40.1 Å². The Hall–Kier alpha value is -1.69. The molecular formula is C13H17NO4S. The second-order valence-electron chi connectivity index (χ2n) is 4.07. The third kappa shape index (κ3) is 5.65. The maximum absolute atomic E-state index is 11.5. The molecule has 19 heavy (non-hydrogen) atoms. The Labute approximate surface area is 116 Å². The van der Waals surface area contributed by atoms with Gasteiger partial charge in [-0.15, -0.1) is 0 Å². The van der Waals surface area contributed by atoms with E-state index in [1.165, 1.54) is 23.9 Å². The molecule has 0 radical (unpaired) electrons. The van der Waals surface area contributed by atoms with Crippen LogP contribution in [0.4, 0.5) is 0 Å². The fraction of sp³-hybridized carbons (Fsp3) is 0.385. The van der Waals surface area contributed by atoms with Crippen molar-refractivity contribution in [1.29, 1.82) is 0 Å². The lowest BCUT2D eigenvalue weighted by atomic mass is 10.1. The largest absolute Gasteiger partial charge is 0.508 e. The first-order valence-electron chi connectivity index (χ1n) is 5.82. The molecule has 0 saturated heterocycles. The predicted molar refractivity (Wildman–Crippen MR) is 74.4 cm³/mol. The third-order valence-corrected chi connectivity index (χ3v) is 3.16. The molecule has 6 heteroatoms. The summed E-state index contributed by atoms with van der Waals surface area (Å²) in [5.74, 6) is -0.539. The highest BCUT2D eigenvalue weighted by Crippen LogP contribution is 2.11. The first-order chi connectivity index (χ1) is 9.02. The monoisotopic (exact) mass is 283 g/mol. The number of aliphatic carboxylic acids is 1. The first kappa shape index (κ1) is 15.4. The number of amides is 1. The van der Waals surface area contributed by atoms with Crippen LogP contribution in [0, 0.1) is 0 Å². The number of rotatable bonds is 7. The van der Waals surface area contributed by atoms with Gasteiger partial charge in [-0.1, -0.05) is 12.1 Å². The zero-order chi connectivity index (χ0) is 14.3. The molecule has 3 N–H and O–H groups in total. The minimum Gasteiger partial charge on any atom is -0.508 e. The van der Waals surface area contributed by atoms with Gasteiger partial charge in [0.15, 0.2) is 0 Å². The Balaban J connectivity index is 2.60. The molecule has 0 bridgehead atoms. The number of phenols is 1. The van der Waals surface area contributed by atoms with Crippen molar-refractivity contribution in [2.45, 2.75) is 18.9 Å². The fourth-order valence-corrected chi connectivity index (χ4v) is 1.92. The topological polar surface area (TPSA) is 86.6 Å². The lowest BCUT2D eigenvalue weighted by molar-refractivity contribution is -0.141. The average Bonchev–Trinajstić information content (AvgIpc) is 2.38. The third-order valence-electron chi connectivity index (χ3n) is 2.54. The summed E-state index contributed by atoms with van der Waals surface area (Å²) in [4.78, 5) is 22.6. The summed E-state index contributed by atoms with van der Waals surface area (Å²) in [7, 11) is 0. The van der Waals surface area contributed by atoms with E-state index in [9.17, 15) is 9.59 Å². The summed E-state index contributed by atoms with van der Waals surface area (Å²) in [6.07, 6.45) is 2.39. The summed E-state index contributed by atoms with van der Waals surface area (Å²) in [6, 6.07) is 5.31. The lowest BCUT2D eigenvalue weighted by Crippen LogP contribution is -2.42. The van der Waals surface area contributed by atoms with E-state index in [1.807, 2.05) is 6.26 Å². The molecular weight excluding hydrogens is 266 g/mol. The second-order valence-corrected chi connectivity index (χ2v) is 5.06. The van der Waals surface area contributed by atoms with Crippen molar-refractivity contribution < 1.29 is 19.8 Å². The van der Waals surface area contributed by atoms with E-state index >= 15 is 0 Å². The zero-order valence-corrected chi connectivity index (χ0v) is 11.4. The molecule has 1 unspecified atom stereocenters. The van der Waals surface area contributed by atoms with Crippen molar-refractivity contribution in [2.75, 3.05) is 12.0 Å². The van der Waals surface area contributed by atoms with E-state index in [0.29, 0.717) is 12.2 Å². The minimum absolute atomic E-state index is 0.125. The van der Waals surface area contributed by atoms with Crippen molar-refractivity contribution in [3.05, 3.63) is 29.8 Å². The maximum atomic E-state index is 11.5. The molecule has 0 saturated carbocycles. The van der Waals surface area contributed by atoms with Gasteiger partial charge in [-0.3, -0.25) is 4.79 Å². The molecule has 1 rings (SSSR count). The molecule has 0 spiro atoms. The van der Waals surface area contributed by atoms with Gasteiger partial charge in [-0.2, -0.15) is 11.8 Å². The van der Waals surface area contributed by atoms with Gasteiger partial charge in [-0.25, -0.2) is 4.79 Å². The maximum Gasteiger partial charge on any atom is 0.326 e. The molecule has 0 fully saturated rings. The van der Waals surface area contributed by atoms with Crippen LogP contribution >= 0.6 is 11.8 Å². The molecule has 1 atom stereocenters. The fourth-order valence-electron chi connectivity index (χ4n) is 1.53. The van der Waals surface area contributed by atoms with Crippen LogP contribution in [0.2, 0.25) is 0 Å². The number of nitrogens with one attached hydrogen (secondary N) is 1. The van der Waals surface area contributed by atoms with Crippen LogP contribution in [0.5, 0.6) is 5.75 Å². The summed E-state index contributed by atoms with van der Waals surface area (Å²) >= 11 is 1.53. The smallest absolute Gasteiger partial charge is 0.326 e. The molecule has 1 amide bonds. The predicted octanol–water partition coefficient (Wildman–Crippen LogP) is 1.26. The van der Waals surface area contributed by atoms with Gasteiger partial charge in [0, 0.05) is 18.6 Å². The Kier molecular flexibility index (Phi) is 6.21. The Morgan fingerprint density at radius 3 is 2.47 bits per heavy atom. The number of carbonyl (C=O) groups is 2. The number of thioether (sulfide) groups is 1. The molecule has 1 aromatic carbocycles. The molecule has 5 nitrogen and oxygen atoms in total. The number of hydrogen-bond acceptors (Lipinski definition) is 4. The first-order valence-corrected chi connectivity index (χ1v) is 7.21. The van der Waals surface area contributed by atoms with Gasteiger partial charge in [0.25, 0.3) is 0 Å². The van der Waals surface area contributed by atoms with Crippen molar-refractivity contribution in [1.82, 2.24) is 5.32 Å². The highest BCUT2D eigenvalue weighted by molar-refractivity contribution is 7.98. The van der Waals surface area contributed by atoms with Crippen LogP contribution in [0.15, 0.2) is 24.3 Å². The molecule has 0 heterocycles. The molecule has 0 aromatic heterocycles. The van der Waals surface area contributed by atoms with Crippen molar-refractivity contribution in [2.24, 2.45) is 0 Å². The van der Waals surface area contributed by atoms with Crippen molar-refractivity contribution in [3.8, 4) is 5.75 Å². The standard InChI is InChI=1S/C13H17NO4S/c1-19-7-6-12(16)14-11(13(17)18)8-9-2-4-10(15)5-3-9/h2-5,11,15H,6-8H2,1H3,(H,14,16)(H,17,18). The lowest BCUT2D eigenvalue weighted by Gasteiger charge is -2.14. The van der Waals surface area contributed by atoms with Gasteiger partial charge in [0.1, 0.15) is 11.8 Å². The quantitative estimate of drug-likeness (QED) is 0.701. The SMILES string of the molecule is CSCCC(=O)NC(Cc1ccc(O)cc1)C(=O)O. The van der Waals surface area contributed by atoms with Crippen LogP contribution in [-0.2, 0) is 16.0 Å². The van der Waals surface area contributed by atoms with Crippen LogP contribution in [0.25, 0.3) is 0 Å². The highest BCUT2D eigenvalue weighted by Gasteiger charge is 2.20. The molecule has 104 valence electrons. The molecule has 0 aliphatic heterocycles. The van der Waals surface area contributed by atoms with Gasteiger partial charge in [0.2, 0.25) is 5.91 Å². The van der Waals surface area contributed by atoms with E-state index in [2.05, 4.69) is 5.32 Å². The average molecular weight is 283 g/mol. The van der Waals surface area contributed by atoms with Gasteiger partial charge < -0.3 is 15.5 Å². The van der Waals surface area contributed by atoms with E-state index in [-0.39, 0.29) is 18.1 Å². The normalized spacial score (nSPS) is 11.8. The molecule has 1 aromatic rings. The Morgan fingerprint density at radius 2 is 1.95 bits per heavy atom. The van der Waals surface area contributed by atoms with Gasteiger partial charge in [0.05, 0.1) is 0 Å². The number of phenolic OH excluding ortho intramolecular Hbond substituents is 1. The summed E-state index contributed by atoms with van der Waals surface area (Å²) < 4.78 is 0. The number of carboxylic acid groups (broad SMARTS) is 1. The van der Waals surface area contributed by atoms with Crippen LogP contribution < -0.4 is 5.32 Å². The second kappa shape index (κ2) is 7.68. The van der Waals surface area contributed by atoms with Crippen molar-refractivity contribution >= 4 is 23.6 Å². The summed E-state index contributed by atoms with van der Waals surface area (Å²) in [5, 5.41) is 20.7. The van der Waals surface area contributed by atoms with Gasteiger partial charge >= 0.3 is 5.97 Å². The van der Waals surface area contributed by atoms with E-state index in [1.54, 1.807) is 12.1 Å².